The number of hydrogen-bond acceptors (Lipinski definition) is 6. The highest BCUT2D eigenvalue weighted by Gasteiger charge is 2.07. The third kappa shape index (κ3) is 13.3. The van der Waals surface area contributed by atoms with Crippen LogP contribution in [0.4, 0.5) is 0 Å². The number of ether oxygens (including phenoxy) is 3. The monoisotopic (exact) mass is 484 g/mol. The summed E-state index contributed by atoms with van der Waals surface area (Å²) in [7, 11) is 0. The van der Waals surface area contributed by atoms with Gasteiger partial charge in [0.05, 0.1) is 19.0 Å². The van der Waals surface area contributed by atoms with E-state index in [4.69, 9.17) is 14.2 Å². The zero-order valence-corrected chi connectivity index (χ0v) is 21.8. The predicted octanol–water partition coefficient (Wildman–Crippen LogP) is 7.56. The minimum Gasteiger partial charge on any atom is -0.490 e. The van der Waals surface area contributed by atoms with Gasteiger partial charge in [0.15, 0.2) is 11.6 Å². The molecular formula is C29H44N2O4. The standard InChI is InChI=1S/C29H44N2O4/c1-3-5-7-9-10-11-15-28(32)35-26-18-16-25(17-19-26)29-30-23-27(24-31-29)34-22-14-13-21-33-20-12-8-6-4-2/h16-19,23-24H,3-15,20-22H2,1-2H3. The number of benzene rings is 1. The van der Waals surface area contributed by atoms with Gasteiger partial charge in [-0.25, -0.2) is 9.97 Å². The molecule has 0 aliphatic heterocycles. The second-order valence-electron chi connectivity index (χ2n) is 8.99. The molecule has 1 aromatic heterocycles. The van der Waals surface area contributed by atoms with Crippen molar-refractivity contribution in [3.05, 3.63) is 36.7 Å². The minimum absolute atomic E-state index is 0.176. The summed E-state index contributed by atoms with van der Waals surface area (Å²) in [6, 6.07) is 7.30. The van der Waals surface area contributed by atoms with E-state index in [0.717, 1.165) is 50.9 Å². The van der Waals surface area contributed by atoms with E-state index in [2.05, 4.69) is 23.8 Å². The first-order valence-electron chi connectivity index (χ1n) is 13.6. The van der Waals surface area contributed by atoms with Gasteiger partial charge in [-0.2, -0.15) is 0 Å². The molecule has 194 valence electrons. The van der Waals surface area contributed by atoms with Crippen molar-refractivity contribution in [3.8, 4) is 22.9 Å². The Morgan fingerprint density at radius 2 is 1.26 bits per heavy atom. The fourth-order valence-corrected chi connectivity index (χ4v) is 3.67. The molecule has 0 fully saturated rings. The molecule has 2 aromatic rings. The van der Waals surface area contributed by atoms with Crippen LogP contribution in [0.2, 0.25) is 0 Å². The van der Waals surface area contributed by atoms with Gasteiger partial charge in [0.1, 0.15) is 5.75 Å². The highest BCUT2D eigenvalue weighted by molar-refractivity contribution is 5.72. The van der Waals surface area contributed by atoms with Crippen molar-refractivity contribution in [2.45, 2.75) is 97.3 Å². The summed E-state index contributed by atoms with van der Waals surface area (Å²) >= 11 is 0. The second-order valence-corrected chi connectivity index (χ2v) is 8.99. The number of carbonyl (C=O) groups is 1. The number of rotatable bonds is 20. The normalized spacial score (nSPS) is 10.9. The Kier molecular flexibility index (Phi) is 15.5. The molecule has 0 amide bonds. The molecule has 0 N–H and O–H groups in total. The lowest BCUT2D eigenvalue weighted by Gasteiger charge is -2.08. The van der Waals surface area contributed by atoms with Crippen molar-refractivity contribution >= 4 is 5.97 Å². The first-order valence-corrected chi connectivity index (χ1v) is 13.6. The zero-order valence-electron chi connectivity index (χ0n) is 21.8. The zero-order chi connectivity index (χ0) is 25.0. The van der Waals surface area contributed by atoms with Gasteiger partial charge in [0.25, 0.3) is 0 Å². The van der Waals surface area contributed by atoms with E-state index in [1.54, 1.807) is 24.5 Å². The molecule has 35 heavy (non-hydrogen) atoms. The van der Waals surface area contributed by atoms with Crippen molar-refractivity contribution in [2.75, 3.05) is 19.8 Å². The van der Waals surface area contributed by atoms with Gasteiger partial charge in [-0.1, -0.05) is 65.2 Å². The van der Waals surface area contributed by atoms with E-state index in [1.165, 1.54) is 44.9 Å². The van der Waals surface area contributed by atoms with E-state index in [0.29, 0.717) is 30.4 Å². The molecule has 0 atom stereocenters. The van der Waals surface area contributed by atoms with Crippen LogP contribution in [-0.2, 0) is 9.53 Å². The number of unbranched alkanes of at least 4 members (excludes halogenated alkanes) is 9. The summed E-state index contributed by atoms with van der Waals surface area (Å²) in [6.07, 6.45) is 17.6. The van der Waals surface area contributed by atoms with Gasteiger partial charge < -0.3 is 14.2 Å². The Morgan fingerprint density at radius 1 is 0.686 bits per heavy atom. The van der Waals surface area contributed by atoms with Crippen molar-refractivity contribution in [1.29, 1.82) is 0 Å². The summed E-state index contributed by atoms with van der Waals surface area (Å²) in [4.78, 5) is 20.8. The molecule has 0 saturated heterocycles. The first-order chi connectivity index (χ1) is 17.2. The van der Waals surface area contributed by atoms with Crippen molar-refractivity contribution in [2.24, 2.45) is 0 Å². The van der Waals surface area contributed by atoms with E-state index in [9.17, 15) is 4.79 Å². The molecule has 0 aliphatic rings. The van der Waals surface area contributed by atoms with E-state index >= 15 is 0 Å². The van der Waals surface area contributed by atoms with Gasteiger partial charge >= 0.3 is 5.97 Å². The number of esters is 1. The molecule has 0 spiro atoms. The summed E-state index contributed by atoms with van der Waals surface area (Å²) < 4.78 is 16.8. The molecule has 0 bridgehead atoms. The van der Waals surface area contributed by atoms with Gasteiger partial charge in [-0.05, 0) is 49.9 Å². The highest BCUT2D eigenvalue weighted by Crippen LogP contribution is 2.21. The largest absolute Gasteiger partial charge is 0.490 e. The summed E-state index contributed by atoms with van der Waals surface area (Å²) in [5.74, 6) is 1.65. The molecule has 1 heterocycles. The lowest BCUT2D eigenvalue weighted by molar-refractivity contribution is -0.134. The topological polar surface area (TPSA) is 70.5 Å². The Labute approximate surface area is 211 Å². The SMILES string of the molecule is CCCCCCCCC(=O)Oc1ccc(-c2ncc(OCCCCOCCCCCC)cn2)cc1. The smallest absolute Gasteiger partial charge is 0.311 e. The molecule has 6 nitrogen and oxygen atoms in total. The van der Waals surface area contributed by atoms with E-state index in [-0.39, 0.29) is 5.97 Å². The number of nitrogens with zero attached hydrogens (tertiary/aromatic N) is 2. The number of hydrogen-bond donors (Lipinski definition) is 0. The van der Waals surface area contributed by atoms with Crippen molar-refractivity contribution in [3.63, 3.8) is 0 Å². The first kappa shape index (κ1) is 28.8. The minimum atomic E-state index is -0.176. The highest BCUT2D eigenvalue weighted by atomic mass is 16.5. The predicted molar refractivity (Wildman–Crippen MR) is 141 cm³/mol. The lowest BCUT2D eigenvalue weighted by atomic mass is 10.1. The Balaban J connectivity index is 1.61. The average Bonchev–Trinajstić information content (AvgIpc) is 2.88. The molecule has 0 unspecified atom stereocenters. The van der Waals surface area contributed by atoms with Crippen LogP contribution in [0.1, 0.15) is 97.3 Å². The van der Waals surface area contributed by atoms with Crippen LogP contribution in [0.5, 0.6) is 11.5 Å². The Hall–Kier alpha value is -2.47. The van der Waals surface area contributed by atoms with Gasteiger partial charge in [0, 0.05) is 25.2 Å². The Morgan fingerprint density at radius 3 is 1.94 bits per heavy atom. The maximum absolute atomic E-state index is 12.0. The summed E-state index contributed by atoms with van der Waals surface area (Å²) in [5.41, 5.74) is 0.864. The van der Waals surface area contributed by atoms with Gasteiger partial charge in [0.2, 0.25) is 0 Å². The maximum atomic E-state index is 12.0. The molecule has 0 aliphatic carbocycles. The van der Waals surface area contributed by atoms with Gasteiger partial charge in [-0.15, -0.1) is 0 Å². The number of carbonyl (C=O) groups excluding carboxylic acids is 1. The Bertz CT molecular complexity index is 793. The third-order valence-electron chi connectivity index (χ3n) is 5.80. The fourth-order valence-electron chi connectivity index (χ4n) is 3.67. The van der Waals surface area contributed by atoms with Crippen LogP contribution in [0.3, 0.4) is 0 Å². The van der Waals surface area contributed by atoms with E-state index in [1.807, 2.05) is 12.1 Å². The van der Waals surface area contributed by atoms with Crippen LogP contribution in [0, 0.1) is 0 Å². The molecule has 6 heteroatoms. The quantitative estimate of drug-likeness (QED) is 0.110. The molecule has 0 radical (unpaired) electrons. The maximum Gasteiger partial charge on any atom is 0.311 e. The number of aromatic nitrogens is 2. The summed E-state index contributed by atoms with van der Waals surface area (Å²) in [6.45, 7) is 6.69. The van der Waals surface area contributed by atoms with Crippen molar-refractivity contribution in [1.82, 2.24) is 9.97 Å². The molecule has 2 rings (SSSR count). The lowest BCUT2D eigenvalue weighted by Crippen LogP contribution is -2.07. The second kappa shape index (κ2) is 18.8. The fraction of sp³-hybridized carbons (Fsp3) is 0.621. The summed E-state index contributed by atoms with van der Waals surface area (Å²) in [5, 5.41) is 0. The molecular weight excluding hydrogens is 440 g/mol. The van der Waals surface area contributed by atoms with Crippen molar-refractivity contribution < 1.29 is 19.0 Å². The van der Waals surface area contributed by atoms with Crippen LogP contribution in [-0.4, -0.2) is 35.8 Å². The van der Waals surface area contributed by atoms with Crippen LogP contribution >= 0.6 is 0 Å². The molecule has 1 aromatic carbocycles. The van der Waals surface area contributed by atoms with E-state index < -0.39 is 0 Å². The third-order valence-corrected chi connectivity index (χ3v) is 5.80. The van der Waals surface area contributed by atoms with Crippen LogP contribution in [0.25, 0.3) is 11.4 Å². The van der Waals surface area contributed by atoms with Crippen LogP contribution in [0.15, 0.2) is 36.7 Å². The van der Waals surface area contributed by atoms with Crippen LogP contribution < -0.4 is 9.47 Å². The average molecular weight is 485 g/mol. The van der Waals surface area contributed by atoms with Gasteiger partial charge in [-0.3, -0.25) is 4.79 Å². The molecule has 0 saturated carbocycles.